The first kappa shape index (κ1) is 13.8. The summed E-state index contributed by atoms with van der Waals surface area (Å²) in [5, 5.41) is 10.1. The average Bonchev–Trinajstić information content (AvgIpc) is 2.28. The highest BCUT2D eigenvalue weighted by atomic mass is 35.5. The van der Waals surface area contributed by atoms with Crippen molar-refractivity contribution in [3.8, 4) is 0 Å². The van der Waals surface area contributed by atoms with Gasteiger partial charge in [-0.05, 0) is 43.4 Å². The van der Waals surface area contributed by atoms with Crippen LogP contribution in [0.25, 0.3) is 0 Å². The van der Waals surface area contributed by atoms with E-state index in [1.165, 1.54) is 0 Å². The Hall–Kier alpha value is -0.670. The normalized spacial score (nSPS) is 28.0. The van der Waals surface area contributed by atoms with Crippen LogP contribution in [0.2, 0.25) is 5.02 Å². The second kappa shape index (κ2) is 5.98. The summed E-state index contributed by atoms with van der Waals surface area (Å²) in [5.74, 6) is -0.288. The average molecular weight is 285 g/mol. The fourth-order valence-electron chi connectivity index (χ4n) is 2.46. The molecule has 0 amide bonds. The maximum Gasteiger partial charge on any atom is 0.307 e. The number of hydrogen-bond donors (Lipinski definition) is 1. The number of halogens is 1. The lowest BCUT2D eigenvalue weighted by Crippen LogP contribution is -2.31. The van der Waals surface area contributed by atoms with Gasteiger partial charge in [-0.15, -0.1) is 11.8 Å². The molecule has 3 atom stereocenters. The molecule has 0 heterocycles. The highest BCUT2D eigenvalue weighted by molar-refractivity contribution is 8.00. The first-order valence-electron chi connectivity index (χ1n) is 6.21. The van der Waals surface area contributed by atoms with E-state index in [2.05, 4.69) is 6.92 Å². The smallest absolute Gasteiger partial charge is 0.307 e. The molecule has 2 nitrogen and oxygen atoms in total. The van der Waals surface area contributed by atoms with E-state index in [4.69, 9.17) is 11.6 Å². The largest absolute Gasteiger partial charge is 0.481 e. The van der Waals surface area contributed by atoms with Crippen molar-refractivity contribution in [3.05, 3.63) is 29.3 Å². The van der Waals surface area contributed by atoms with Crippen LogP contribution in [0.3, 0.4) is 0 Å². The number of hydrogen-bond acceptors (Lipinski definition) is 2. The van der Waals surface area contributed by atoms with E-state index >= 15 is 0 Å². The number of aliphatic carboxylic acids is 1. The Morgan fingerprint density at radius 3 is 2.89 bits per heavy atom. The van der Waals surface area contributed by atoms with Crippen molar-refractivity contribution in [1.29, 1.82) is 0 Å². The number of thioether (sulfide) groups is 1. The third-order valence-corrected chi connectivity index (χ3v) is 5.04. The van der Waals surface area contributed by atoms with Crippen molar-refractivity contribution < 1.29 is 9.90 Å². The number of carboxylic acids is 1. The molecule has 18 heavy (non-hydrogen) atoms. The van der Waals surface area contributed by atoms with Gasteiger partial charge in [-0.3, -0.25) is 4.79 Å². The van der Waals surface area contributed by atoms with Gasteiger partial charge >= 0.3 is 5.97 Å². The van der Waals surface area contributed by atoms with Gasteiger partial charge in [0.05, 0.1) is 5.92 Å². The zero-order chi connectivity index (χ0) is 13.1. The third-order valence-electron chi connectivity index (χ3n) is 3.45. The molecular weight excluding hydrogens is 268 g/mol. The summed E-state index contributed by atoms with van der Waals surface area (Å²) in [6.07, 6.45) is 2.77. The lowest BCUT2D eigenvalue weighted by atomic mass is 9.82. The minimum atomic E-state index is -0.665. The monoisotopic (exact) mass is 284 g/mol. The topological polar surface area (TPSA) is 37.3 Å². The molecule has 0 saturated heterocycles. The van der Waals surface area contributed by atoms with Crippen LogP contribution in [-0.2, 0) is 4.79 Å². The molecule has 1 aromatic rings. The minimum absolute atomic E-state index is 0.157. The summed E-state index contributed by atoms with van der Waals surface area (Å²) in [4.78, 5) is 12.4. The molecule has 1 aliphatic rings. The third kappa shape index (κ3) is 3.42. The summed E-state index contributed by atoms with van der Waals surface area (Å²) in [6, 6.07) is 7.65. The van der Waals surface area contributed by atoms with E-state index in [1.807, 2.05) is 24.3 Å². The van der Waals surface area contributed by atoms with Crippen molar-refractivity contribution in [1.82, 2.24) is 0 Å². The Balaban J connectivity index is 2.11. The summed E-state index contributed by atoms with van der Waals surface area (Å²) < 4.78 is 0. The van der Waals surface area contributed by atoms with Crippen LogP contribution in [0.1, 0.15) is 26.2 Å². The molecule has 0 aromatic heterocycles. The predicted octanol–water partition coefficient (Wildman–Crippen LogP) is 4.32. The molecule has 0 spiro atoms. The van der Waals surface area contributed by atoms with Gasteiger partial charge in [-0.25, -0.2) is 0 Å². The molecule has 1 aliphatic carbocycles. The fourth-order valence-corrected chi connectivity index (χ4v) is 4.25. The summed E-state index contributed by atoms with van der Waals surface area (Å²) in [5.41, 5.74) is 0. The van der Waals surface area contributed by atoms with Gasteiger partial charge in [0.25, 0.3) is 0 Å². The molecule has 1 aromatic carbocycles. The van der Waals surface area contributed by atoms with Gasteiger partial charge in [0, 0.05) is 15.2 Å². The number of benzene rings is 1. The quantitative estimate of drug-likeness (QED) is 0.898. The number of rotatable bonds is 3. The molecule has 2 rings (SSSR count). The Morgan fingerprint density at radius 1 is 1.44 bits per heavy atom. The van der Waals surface area contributed by atoms with Crippen LogP contribution in [-0.4, -0.2) is 16.3 Å². The summed E-state index contributed by atoms with van der Waals surface area (Å²) in [6.45, 7) is 2.20. The van der Waals surface area contributed by atoms with Crippen LogP contribution >= 0.6 is 23.4 Å². The lowest BCUT2D eigenvalue weighted by Gasteiger charge is -2.31. The van der Waals surface area contributed by atoms with E-state index in [0.29, 0.717) is 10.9 Å². The van der Waals surface area contributed by atoms with Gasteiger partial charge in [0.1, 0.15) is 0 Å². The molecule has 1 fully saturated rings. The highest BCUT2D eigenvalue weighted by Gasteiger charge is 2.34. The SMILES string of the molecule is CC1CCC(C(=O)O)C(Sc2cccc(Cl)c2)C1. The van der Waals surface area contributed by atoms with Gasteiger partial charge in [-0.1, -0.05) is 24.6 Å². The Labute approximate surface area is 117 Å². The van der Waals surface area contributed by atoms with E-state index in [0.717, 1.165) is 24.2 Å². The molecule has 0 aliphatic heterocycles. The predicted molar refractivity (Wildman–Crippen MR) is 75.2 cm³/mol. The van der Waals surface area contributed by atoms with Crippen molar-refractivity contribution in [2.75, 3.05) is 0 Å². The maximum atomic E-state index is 11.3. The standard InChI is InChI=1S/C14H17ClO2S/c1-9-5-6-12(14(16)17)13(7-9)18-11-4-2-3-10(15)8-11/h2-4,8-9,12-13H,5-7H2,1H3,(H,16,17). The van der Waals surface area contributed by atoms with Crippen molar-refractivity contribution in [2.45, 2.75) is 36.3 Å². The van der Waals surface area contributed by atoms with Gasteiger partial charge in [0.2, 0.25) is 0 Å². The second-order valence-corrected chi connectivity index (χ2v) is 6.73. The van der Waals surface area contributed by atoms with Crippen LogP contribution in [0.5, 0.6) is 0 Å². The van der Waals surface area contributed by atoms with E-state index in [-0.39, 0.29) is 11.2 Å². The van der Waals surface area contributed by atoms with Crippen LogP contribution in [0.15, 0.2) is 29.2 Å². The Bertz CT molecular complexity index is 436. The second-order valence-electron chi connectivity index (χ2n) is 4.98. The maximum absolute atomic E-state index is 11.3. The molecule has 0 radical (unpaired) electrons. The molecule has 0 bridgehead atoms. The van der Waals surface area contributed by atoms with Crippen LogP contribution in [0.4, 0.5) is 0 Å². The van der Waals surface area contributed by atoms with E-state index < -0.39 is 5.97 Å². The van der Waals surface area contributed by atoms with Crippen molar-refractivity contribution >= 4 is 29.3 Å². The molecular formula is C14H17ClO2S. The zero-order valence-corrected chi connectivity index (χ0v) is 11.9. The Kier molecular flexibility index (Phi) is 4.57. The number of carbonyl (C=O) groups is 1. The van der Waals surface area contributed by atoms with Crippen LogP contribution in [0, 0.1) is 11.8 Å². The van der Waals surface area contributed by atoms with E-state index in [1.54, 1.807) is 11.8 Å². The molecule has 3 unspecified atom stereocenters. The van der Waals surface area contributed by atoms with Gasteiger partial charge < -0.3 is 5.11 Å². The lowest BCUT2D eigenvalue weighted by molar-refractivity contribution is -0.142. The Morgan fingerprint density at radius 2 is 2.22 bits per heavy atom. The minimum Gasteiger partial charge on any atom is -0.481 e. The van der Waals surface area contributed by atoms with Gasteiger partial charge in [-0.2, -0.15) is 0 Å². The summed E-state index contributed by atoms with van der Waals surface area (Å²) >= 11 is 7.61. The first-order chi connectivity index (χ1) is 8.56. The molecule has 98 valence electrons. The molecule has 4 heteroatoms. The molecule has 1 saturated carbocycles. The highest BCUT2D eigenvalue weighted by Crippen LogP contribution is 2.40. The zero-order valence-electron chi connectivity index (χ0n) is 10.3. The summed E-state index contributed by atoms with van der Waals surface area (Å²) in [7, 11) is 0. The first-order valence-corrected chi connectivity index (χ1v) is 7.47. The van der Waals surface area contributed by atoms with Crippen molar-refractivity contribution in [3.63, 3.8) is 0 Å². The number of carboxylic acid groups (broad SMARTS) is 1. The van der Waals surface area contributed by atoms with Crippen molar-refractivity contribution in [2.24, 2.45) is 11.8 Å². The van der Waals surface area contributed by atoms with Gasteiger partial charge in [0.15, 0.2) is 0 Å². The van der Waals surface area contributed by atoms with Crippen LogP contribution < -0.4 is 0 Å². The van der Waals surface area contributed by atoms with E-state index in [9.17, 15) is 9.90 Å². The fraction of sp³-hybridized carbons (Fsp3) is 0.500. The molecule has 1 N–H and O–H groups in total.